The van der Waals surface area contributed by atoms with E-state index in [0.29, 0.717) is 17.0 Å². The molecule has 3 aromatic rings. The van der Waals surface area contributed by atoms with Gasteiger partial charge in [-0.2, -0.15) is 6.92 Å². The fourth-order valence-electron chi connectivity index (χ4n) is 4.12. The van der Waals surface area contributed by atoms with Gasteiger partial charge >= 0.3 is 0 Å². The molecule has 0 N–H and O–H groups in total. The van der Waals surface area contributed by atoms with Crippen molar-refractivity contribution in [3.63, 3.8) is 0 Å². The average Bonchev–Trinajstić information content (AvgIpc) is 3.55. The van der Waals surface area contributed by atoms with Gasteiger partial charge in [-0.05, 0) is 61.7 Å². The summed E-state index contributed by atoms with van der Waals surface area (Å²) < 4.78 is 30.7. The molecule has 2 aromatic carbocycles. The Morgan fingerprint density at radius 1 is 1.14 bits per heavy atom. The summed E-state index contributed by atoms with van der Waals surface area (Å²) in [4.78, 5) is 15.3. The maximum atomic E-state index is 14.6. The van der Waals surface area contributed by atoms with Crippen LogP contribution in [0.3, 0.4) is 0 Å². The molecule has 7 nitrogen and oxygen atoms in total. The van der Waals surface area contributed by atoms with Crippen LogP contribution in [0.1, 0.15) is 35.9 Å². The van der Waals surface area contributed by atoms with Crippen molar-refractivity contribution in [2.24, 2.45) is 0 Å². The van der Waals surface area contributed by atoms with Crippen molar-refractivity contribution in [2.75, 3.05) is 36.5 Å². The monoisotopic (exact) mass is 754 g/mol. The number of carbonyl (C=O) groups is 1. The van der Waals surface area contributed by atoms with Gasteiger partial charge in [-0.1, -0.05) is 12.1 Å². The molecule has 2 aliphatic rings. The van der Waals surface area contributed by atoms with Crippen molar-refractivity contribution in [1.29, 1.82) is 0 Å². The Labute approximate surface area is 207 Å². The van der Waals surface area contributed by atoms with E-state index in [-0.39, 0.29) is 12.4 Å². The second kappa shape index (κ2) is 12.1. The second-order valence-electron chi connectivity index (χ2n) is 8.73. The summed E-state index contributed by atoms with van der Waals surface area (Å²) in [5.41, 5.74) is 4.33. The number of benzene rings is 2. The Balaban J connectivity index is 0.000000344. The van der Waals surface area contributed by atoms with E-state index in [4.69, 9.17) is 4.42 Å². The quantitative estimate of drug-likeness (QED) is 0.282. The zero-order valence-electron chi connectivity index (χ0n) is 20.4. The molecule has 198 valence electrons. The number of hydrogen-bond acceptors (Lipinski definition) is 6. The number of carbonyl (C=O) groups excluding carboxylic acids is 1. The third kappa shape index (κ3) is 6.34. The molecular formula is C26H30FFmN4O3S-. The second-order valence-corrected chi connectivity index (χ2v) is 10.4. The van der Waals surface area contributed by atoms with Crippen molar-refractivity contribution in [1.82, 2.24) is 15.1 Å². The van der Waals surface area contributed by atoms with Gasteiger partial charge in [0.25, 0.3) is 0 Å². The Hall–Kier alpha value is -4.04. The Kier molecular flexibility index (Phi) is 8.91. The molecule has 1 fully saturated rings. The first kappa shape index (κ1) is 26.6. The molecule has 0 bridgehead atoms. The van der Waals surface area contributed by atoms with Crippen molar-refractivity contribution in [2.45, 2.75) is 32.7 Å². The van der Waals surface area contributed by atoms with Crippen LogP contribution in [0.15, 0.2) is 40.8 Å². The summed E-state index contributed by atoms with van der Waals surface area (Å²) in [6, 6.07) is 10.7. The largest absolute Gasteiger partial charge is 0.452 e. The van der Waals surface area contributed by atoms with Gasteiger partial charge in [-0.25, -0.2) is 4.39 Å². The maximum absolute atomic E-state index is 14.6. The van der Waals surface area contributed by atoms with Gasteiger partial charge in [-0.3, -0.25) is 9.00 Å². The van der Waals surface area contributed by atoms with E-state index in [1.807, 2.05) is 12.1 Å². The number of aryl methyl sites for hydroxylation is 2. The van der Waals surface area contributed by atoms with Crippen LogP contribution in [-0.2, 0) is 35.0 Å². The van der Waals surface area contributed by atoms with Gasteiger partial charge in [0.05, 0.1) is 12.4 Å². The van der Waals surface area contributed by atoms with Crippen LogP contribution in [0.25, 0.3) is 11.5 Å². The summed E-state index contributed by atoms with van der Waals surface area (Å²) in [5.74, 6) is 1.98. The molecule has 0 unspecified atom stereocenters. The molecule has 1 aliphatic heterocycles. The number of fused-ring (bicyclic) bond motifs is 1. The molecule has 1 aliphatic carbocycles. The minimum atomic E-state index is -0.503. The smallest absolute Gasteiger partial charge is 0.244 e. The predicted octanol–water partition coefficient (Wildman–Crippen LogP) is 3.78. The van der Waals surface area contributed by atoms with Crippen molar-refractivity contribution >= 4 is 22.9 Å². The van der Waals surface area contributed by atoms with Gasteiger partial charge in [-0.15, -0.1) is 10.2 Å². The van der Waals surface area contributed by atoms with E-state index in [1.54, 1.807) is 25.5 Å². The topological polar surface area (TPSA) is 79.5 Å². The van der Waals surface area contributed by atoms with Crippen LogP contribution in [0, 0.1) is 12.2 Å². The van der Waals surface area contributed by atoms with Crippen molar-refractivity contribution < 1.29 is 17.8 Å². The molecular weight excluding hydrogens is 724 g/mol. The van der Waals surface area contributed by atoms with Crippen LogP contribution in [0.5, 0.6) is 0 Å². The Bertz CT molecular complexity index is 1200. The third-order valence-electron chi connectivity index (χ3n) is 6.27. The summed E-state index contributed by atoms with van der Waals surface area (Å²) in [6.45, 7) is 3.96. The Morgan fingerprint density at radius 2 is 1.89 bits per heavy atom. The molecule has 0 atom stereocenters. The number of amides is 1. The third-order valence-corrected chi connectivity index (χ3v) is 7.55. The molecule has 2 heterocycles. The van der Waals surface area contributed by atoms with Gasteiger partial charge < -0.3 is 20.6 Å². The average molecular weight is 755 g/mol. The molecule has 1 amide bonds. The zero-order valence-corrected chi connectivity index (χ0v) is 23.6. The molecule has 0 saturated carbocycles. The van der Waals surface area contributed by atoms with Crippen LogP contribution in [-0.4, -0.2) is 57.4 Å². The summed E-state index contributed by atoms with van der Waals surface area (Å²) in [5, 5.41) is 7.75. The number of aromatic nitrogens is 2. The molecule has 36 heavy (non-hydrogen) atoms. The van der Waals surface area contributed by atoms with Crippen molar-refractivity contribution in [3.05, 3.63) is 71.2 Å². The molecule has 0 spiro atoms. The SMILES string of the molecule is CN1CCS(=O)CC1.C[CH-]c1nnc(-c2ccc(CN(C=O)c3ccc4c(c3)CCC4)c(F)c2)o1.[Fm]. The van der Waals surface area contributed by atoms with Crippen LogP contribution >= 0.6 is 0 Å². The van der Waals surface area contributed by atoms with Gasteiger partial charge in [0.15, 0.2) is 0 Å². The molecule has 1 saturated heterocycles. The standard InChI is InChI=1S/C21H19FN3O2.C5H11NOS.Fm/c1-2-20-23-24-21(27-20)16-6-7-17(19(22)11-16)12-25(13-26)18-9-8-14-4-3-5-15(14)10-18;1-6-2-4-8(7)5-3-6;/h2,6-11,13H,3-5,12H2,1H3;2-5H2,1H3;/q-1;;. The molecule has 1 aromatic heterocycles. The van der Waals surface area contributed by atoms with E-state index in [9.17, 15) is 13.4 Å². The molecule has 5 rings (SSSR count). The van der Waals surface area contributed by atoms with Crippen LogP contribution < -0.4 is 4.90 Å². The maximum Gasteiger partial charge on any atom is 0.244 e. The van der Waals surface area contributed by atoms with E-state index in [0.717, 1.165) is 56.0 Å². The van der Waals surface area contributed by atoms with E-state index >= 15 is 0 Å². The molecule has 0 radical (unpaired) electrons. The van der Waals surface area contributed by atoms with E-state index in [2.05, 4.69) is 28.2 Å². The number of rotatable bonds is 6. The number of anilines is 1. The van der Waals surface area contributed by atoms with Gasteiger partial charge in [0.2, 0.25) is 12.3 Å². The summed E-state index contributed by atoms with van der Waals surface area (Å²) in [6.07, 6.45) is 5.68. The first-order valence-corrected chi connectivity index (χ1v) is 13.2. The molecule has 10 heteroatoms. The number of nitrogens with zero attached hydrogens (tertiary/aromatic N) is 4. The van der Waals surface area contributed by atoms with E-state index < -0.39 is 16.6 Å². The number of halogens is 1. The fourth-order valence-corrected chi connectivity index (χ4v) is 5.35. The Morgan fingerprint density at radius 3 is 2.53 bits per heavy atom. The van der Waals surface area contributed by atoms with Crippen molar-refractivity contribution in [3.8, 4) is 11.5 Å². The van der Waals surface area contributed by atoms with Crippen LogP contribution in [0.2, 0.25) is 0 Å². The van der Waals surface area contributed by atoms with E-state index in [1.165, 1.54) is 22.1 Å². The van der Waals surface area contributed by atoms with Crippen LogP contribution in [0.4, 0.5) is 10.1 Å². The normalized spacial score (nSPS) is 15.3. The fraction of sp³-hybridized carbons (Fsp3) is 0.385. The minimum absolute atomic E-state index is 0. The predicted molar refractivity (Wildman–Crippen MR) is 135 cm³/mol. The zero-order chi connectivity index (χ0) is 24.8. The van der Waals surface area contributed by atoms with Gasteiger partial charge in [0.1, 0.15) is 5.82 Å². The minimum Gasteiger partial charge on any atom is -0.452 e. The number of hydrogen-bond donors (Lipinski definition) is 0. The van der Waals surface area contributed by atoms with Gasteiger partial charge in [0, 0.05) is 52.2 Å². The first-order chi connectivity index (χ1) is 17.0. The first-order valence-electron chi connectivity index (χ1n) is 11.8. The summed E-state index contributed by atoms with van der Waals surface area (Å²) >= 11 is 0. The summed E-state index contributed by atoms with van der Waals surface area (Å²) in [7, 11) is 1.56.